The van der Waals surface area contributed by atoms with Crippen molar-refractivity contribution in [3.8, 4) is 16.8 Å². The Labute approximate surface area is 168 Å². The standard InChI is InChI=1S/C24H28BN3/c1-17(2)22-10-6-11-23(18(3)4)24(22)19-15-27-28(16-19)21-9-5-8-20(14-21)25-12-7-13-26-25/h5-11,13-18,26H,12H2,1-4H3. The molecule has 0 radical (unpaired) electrons. The Morgan fingerprint density at radius 3 is 2.36 bits per heavy atom. The van der Waals surface area contributed by atoms with Gasteiger partial charge in [0, 0.05) is 11.8 Å². The van der Waals surface area contributed by atoms with E-state index in [-0.39, 0.29) is 0 Å². The van der Waals surface area contributed by atoms with Gasteiger partial charge in [-0.05, 0) is 53.2 Å². The Kier molecular flexibility index (Phi) is 5.12. The van der Waals surface area contributed by atoms with E-state index in [9.17, 15) is 0 Å². The number of nitrogens with one attached hydrogen (secondary N) is 1. The average Bonchev–Trinajstić information content (AvgIpc) is 3.39. The number of rotatable bonds is 5. The zero-order chi connectivity index (χ0) is 19.7. The van der Waals surface area contributed by atoms with Crippen molar-refractivity contribution in [1.29, 1.82) is 0 Å². The van der Waals surface area contributed by atoms with Gasteiger partial charge in [0.15, 0.2) is 0 Å². The molecular weight excluding hydrogens is 341 g/mol. The second-order valence-corrected chi connectivity index (χ2v) is 8.25. The van der Waals surface area contributed by atoms with Gasteiger partial charge in [0.1, 0.15) is 0 Å². The Bertz CT molecular complexity index is 966. The third kappa shape index (κ3) is 3.51. The molecule has 1 aliphatic rings. The second-order valence-electron chi connectivity index (χ2n) is 8.25. The van der Waals surface area contributed by atoms with Crippen LogP contribution in [0.3, 0.4) is 0 Å². The van der Waals surface area contributed by atoms with Gasteiger partial charge in [-0.15, -0.1) is 0 Å². The molecule has 28 heavy (non-hydrogen) atoms. The molecule has 0 fully saturated rings. The predicted octanol–water partition coefficient (Wildman–Crippen LogP) is 5.10. The molecule has 142 valence electrons. The van der Waals surface area contributed by atoms with Crippen molar-refractivity contribution in [1.82, 2.24) is 15.0 Å². The van der Waals surface area contributed by atoms with E-state index in [1.165, 1.54) is 27.7 Å². The molecule has 4 rings (SSSR count). The number of hydrogen-bond donors (Lipinski definition) is 1. The minimum Gasteiger partial charge on any atom is -0.430 e. The van der Waals surface area contributed by atoms with E-state index in [1.54, 1.807) is 0 Å². The first kappa shape index (κ1) is 18.6. The van der Waals surface area contributed by atoms with Crippen molar-refractivity contribution < 1.29 is 0 Å². The lowest BCUT2D eigenvalue weighted by Gasteiger charge is -2.18. The van der Waals surface area contributed by atoms with Gasteiger partial charge in [0.05, 0.1) is 11.9 Å². The van der Waals surface area contributed by atoms with E-state index in [1.807, 2.05) is 17.1 Å². The van der Waals surface area contributed by atoms with Crippen molar-refractivity contribution in [3.05, 3.63) is 78.3 Å². The topological polar surface area (TPSA) is 29.9 Å². The molecule has 4 heteroatoms. The summed E-state index contributed by atoms with van der Waals surface area (Å²) in [5, 5.41) is 8.12. The first-order valence-electron chi connectivity index (χ1n) is 10.2. The fraction of sp³-hybridized carbons (Fsp3) is 0.292. The molecule has 1 aliphatic heterocycles. The Balaban J connectivity index is 1.74. The molecule has 0 spiro atoms. The van der Waals surface area contributed by atoms with Crippen LogP contribution >= 0.6 is 0 Å². The van der Waals surface area contributed by atoms with Crippen molar-refractivity contribution in [2.45, 2.75) is 45.9 Å². The molecule has 0 bridgehead atoms. The van der Waals surface area contributed by atoms with Crippen LogP contribution in [0, 0.1) is 0 Å². The highest BCUT2D eigenvalue weighted by Gasteiger charge is 2.19. The number of nitrogens with zero attached hydrogens (tertiary/aromatic N) is 2. The molecule has 3 aromatic rings. The van der Waals surface area contributed by atoms with Crippen LogP contribution in [0.4, 0.5) is 0 Å². The molecule has 1 aromatic heterocycles. The first-order chi connectivity index (χ1) is 13.5. The highest BCUT2D eigenvalue weighted by Crippen LogP contribution is 2.36. The number of allylic oxidation sites excluding steroid dienone is 1. The summed E-state index contributed by atoms with van der Waals surface area (Å²) >= 11 is 0. The lowest BCUT2D eigenvalue weighted by molar-refractivity contribution is 0.838. The quantitative estimate of drug-likeness (QED) is 0.634. The smallest absolute Gasteiger partial charge is 0.289 e. The van der Waals surface area contributed by atoms with Crippen LogP contribution in [0.15, 0.2) is 67.1 Å². The van der Waals surface area contributed by atoms with Crippen molar-refractivity contribution in [2.75, 3.05) is 0 Å². The van der Waals surface area contributed by atoms with E-state index in [0.717, 1.165) is 12.0 Å². The molecule has 0 saturated carbocycles. The maximum absolute atomic E-state index is 4.71. The fourth-order valence-corrected chi connectivity index (χ4v) is 4.05. The maximum Gasteiger partial charge on any atom is 0.289 e. The van der Waals surface area contributed by atoms with Gasteiger partial charge in [-0.1, -0.05) is 69.6 Å². The molecule has 0 amide bonds. The third-order valence-electron chi connectivity index (χ3n) is 5.57. The minimum absolute atomic E-state index is 0.365. The zero-order valence-electron chi connectivity index (χ0n) is 17.2. The summed E-state index contributed by atoms with van der Waals surface area (Å²) in [4.78, 5) is 0. The van der Waals surface area contributed by atoms with Crippen molar-refractivity contribution >= 4 is 12.3 Å². The highest BCUT2D eigenvalue weighted by molar-refractivity contribution is 6.72. The predicted molar refractivity (Wildman–Crippen MR) is 120 cm³/mol. The van der Waals surface area contributed by atoms with Gasteiger partial charge < -0.3 is 5.23 Å². The zero-order valence-corrected chi connectivity index (χ0v) is 17.2. The third-order valence-corrected chi connectivity index (χ3v) is 5.57. The molecule has 2 aromatic carbocycles. The summed E-state index contributed by atoms with van der Waals surface area (Å²) in [5.74, 6) is 0.947. The monoisotopic (exact) mass is 369 g/mol. The van der Waals surface area contributed by atoms with Crippen LogP contribution in [0.5, 0.6) is 0 Å². The summed E-state index contributed by atoms with van der Waals surface area (Å²) in [6, 6.07) is 15.4. The van der Waals surface area contributed by atoms with Crippen LogP contribution in [0.25, 0.3) is 16.8 Å². The van der Waals surface area contributed by atoms with E-state index in [2.05, 4.69) is 87.7 Å². The summed E-state index contributed by atoms with van der Waals surface area (Å²) in [6.07, 6.45) is 9.44. The molecule has 0 saturated heterocycles. The Hall–Kier alpha value is -2.75. The van der Waals surface area contributed by atoms with Gasteiger partial charge in [0.25, 0.3) is 6.85 Å². The second kappa shape index (κ2) is 7.71. The molecule has 2 heterocycles. The molecule has 0 atom stereocenters. The average molecular weight is 369 g/mol. The summed E-state index contributed by atoms with van der Waals surface area (Å²) in [6.45, 7) is 9.42. The lowest BCUT2D eigenvalue weighted by Crippen LogP contribution is -2.38. The number of hydrogen-bond acceptors (Lipinski definition) is 2. The number of benzene rings is 2. The summed E-state index contributed by atoms with van der Waals surface area (Å²) in [7, 11) is 0. The van der Waals surface area contributed by atoms with E-state index in [0.29, 0.717) is 18.7 Å². The molecule has 0 unspecified atom stereocenters. The van der Waals surface area contributed by atoms with Gasteiger partial charge in [-0.3, -0.25) is 0 Å². The molecule has 0 aliphatic carbocycles. The van der Waals surface area contributed by atoms with Gasteiger partial charge in [-0.25, -0.2) is 4.68 Å². The molecular formula is C24H28BN3. The van der Waals surface area contributed by atoms with Crippen LogP contribution < -0.4 is 10.7 Å². The normalized spacial score (nSPS) is 13.6. The summed E-state index contributed by atoms with van der Waals surface area (Å²) < 4.78 is 2.00. The lowest BCUT2D eigenvalue weighted by atomic mass is 9.55. The fourth-order valence-electron chi connectivity index (χ4n) is 4.05. The van der Waals surface area contributed by atoms with Crippen LogP contribution in [0.2, 0.25) is 6.32 Å². The Morgan fingerprint density at radius 2 is 1.71 bits per heavy atom. The van der Waals surface area contributed by atoms with Gasteiger partial charge in [0.2, 0.25) is 0 Å². The number of aromatic nitrogens is 2. The van der Waals surface area contributed by atoms with Crippen molar-refractivity contribution in [3.63, 3.8) is 0 Å². The van der Waals surface area contributed by atoms with Gasteiger partial charge in [-0.2, -0.15) is 5.10 Å². The largest absolute Gasteiger partial charge is 0.430 e. The van der Waals surface area contributed by atoms with Crippen LogP contribution in [-0.4, -0.2) is 16.6 Å². The van der Waals surface area contributed by atoms with E-state index < -0.39 is 0 Å². The first-order valence-corrected chi connectivity index (χ1v) is 10.2. The van der Waals surface area contributed by atoms with Crippen LogP contribution in [0.1, 0.15) is 50.7 Å². The Morgan fingerprint density at radius 1 is 1.00 bits per heavy atom. The van der Waals surface area contributed by atoms with E-state index >= 15 is 0 Å². The SMILES string of the molecule is CC(C)c1cccc(C(C)C)c1-c1cnn(-c2cccc(B3CC=CN3)c2)c1. The summed E-state index contributed by atoms with van der Waals surface area (Å²) in [5.41, 5.74) is 7.72. The minimum atomic E-state index is 0.365. The van der Waals surface area contributed by atoms with E-state index in [4.69, 9.17) is 5.10 Å². The molecule has 3 nitrogen and oxygen atoms in total. The van der Waals surface area contributed by atoms with Crippen LogP contribution in [-0.2, 0) is 0 Å². The van der Waals surface area contributed by atoms with Crippen molar-refractivity contribution in [2.24, 2.45) is 0 Å². The maximum atomic E-state index is 4.71. The highest BCUT2D eigenvalue weighted by atomic mass is 15.3. The molecule has 1 N–H and O–H groups in total. The van der Waals surface area contributed by atoms with Gasteiger partial charge >= 0.3 is 0 Å².